The third kappa shape index (κ3) is 3.66. The molecule has 0 aromatic carbocycles. The molecule has 4 nitrogen and oxygen atoms in total. The Morgan fingerprint density at radius 3 is 2.68 bits per heavy atom. The van der Waals surface area contributed by atoms with Gasteiger partial charge in [-0.1, -0.05) is 6.42 Å². The third-order valence-corrected chi connectivity index (χ3v) is 2.95. The van der Waals surface area contributed by atoms with E-state index >= 15 is 0 Å². The number of nitrogens with one attached hydrogen (secondary N) is 2. The molecule has 0 spiro atoms. The standard InChI is InChI=1S/C12H14F3N3O/c13-12(14,15)10-5-4-8(7-17-10)18-11(19)9-3-1-2-6-16-9/h4-5,7,9,16H,1-3,6H2,(H,18,19)/t9-/m1/s1. The van der Waals surface area contributed by atoms with Crippen molar-refractivity contribution in [3.8, 4) is 0 Å². The first-order chi connectivity index (χ1) is 8.97. The van der Waals surface area contributed by atoms with E-state index in [1.807, 2.05) is 0 Å². The molecule has 1 saturated heterocycles. The van der Waals surface area contributed by atoms with Crippen LogP contribution in [0.5, 0.6) is 0 Å². The molecule has 1 aromatic rings. The van der Waals surface area contributed by atoms with Crippen LogP contribution in [0.1, 0.15) is 25.0 Å². The van der Waals surface area contributed by atoms with Crippen molar-refractivity contribution in [2.45, 2.75) is 31.5 Å². The van der Waals surface area contributed by atoms with Crippen LogP contribution in [0, 0.1) is 0 Å². The van der Waals surface area contributed by atoms with Gasteiger partial charge in [0.2, 0.25) is 5.91 Å². The van der Waals surface area contributed by atoms with E-state index in [2.05, 4.69) is 15.6 Å². The highest BCUT2D eigenvalue weighted by Gasteiger charge is 2.32. The number of rotatable bonds is 2. The molecule has 1 aromatic heterocycles. The molecule has 2 heterocycles. The monoisotopic (exact) mass is 273 g/mol. The molecular weight excluding hydrogens is 259 g/mol. The Kier molecular flexibility index (Phi) is 4.04. The van der Waals surface area contributed by atoms with Gasteiger partial charge in [-0.15, -0.1) is 0 Å². The van der Waals surface area contributed by atoms with E-state index in [9.17, 15) is 18.0 Å². The number of nitrogens with zero attached hydrogens (tertiary/aromatic N) is 1. The van der Waals surface area contributed by atoms with E-state index in [0.29, 0.717) is 0 Å². The summed E-state index contributed by atoms with van der Waals surface area (Å²) in [4.78, 5) is 15.1. The number of amides is 1. The number of hydrogen-bond donors (Lipinski definition) is 2. The van der Waals surface area contributed by atoms with Crippen molar-refractivity contribution in [2.24, 2.45) is 0 Å². The number of hydrogen-bond acceptors (Lipinski definition) is 3. The minimum absolute atomic E-state index is 0.235. The summed E-state index contributed by atoms with van der Waals surface area (Å²) in [5.41, 5.74) is -0.702. The molecule has 19 heavy (non-hydrogen) atoms. The summed E-state index contributed by atoms with van der Waals surface area (Å²) in [6.45, 7) is 0.781. The van der Waals surface area contributed by atoms with Gasteiger partial charge >= 0.3 is 6.18 Å². The molecule has 104 valence electrons. The molecule has 1 atom stereocenters. The number of anilines is 1. The van der Waals surface area contributed by atoms with Gasteiger partial charge in [-0.2, -0.15) is 13.2 Å². The van der Waals surface area contributed by atoms with Crippen molar-refractivity contribution >= 4 is 11.6 Å². The third-order valence-electron chi connectivity index (χ3n) is 2.95. The van der Waals surface area contributed by atoms with Crippen LogP contribution in [0.25, 0.3) is 0 Å². The van der Waals surface area contributed by atoms with Crippen molar-refractivity contribution in [1.29, 1.82) is 0 Å². The Balaban J connectivity index is 1.97. The van der Waals surface area contributed by atoms with Crippen LogP contribution in [-0.2, 0) is 11.0 Å². The largest absolute Gasteiger partial charge is 0.433 e. The van der Waals surface area contributed by atoms with Gasteiger partial charge in [0.25, 0.3) is 0 Å². The van der Waals surface area contributed by atoms with Crippen molar-refractivity contribution < 1.29 is 18.0 Å². The van der Waals surface area contributed by atoms with Crippen LogP contribution in [-0.4, -0.2) is 23.5 Å². The lowest BCUT2D eigenvalue weighted by Gasteiger charge is -2.22. The molecule has 1 amide bonds. The predicted octanol–water partition coefficient (Wildman–Crippen LogP) is 2.18. The topological polar surface area (TPSA) is 54.0 Å². The van der Waals surface area contributed by atoms with Gasteiger partial charge in [0.05, 0.1) is 17.9 Å². The van der Waals surface area contributed by atoms with E-state index in [4.69, 9.17) is 0 Å². The number of carbonyl (C=O) groups is 1. The summed E-state index contributed by atoms with van der Waals surface area (Å²) in [6.07, 6.45) is -0.709. The zero-order valence-electron chi connectivity index (χ0n) is 10.1. The Bertz CT molecular complexity index is 439. The second-order valence-electron chi connectivity index (χ2n) is 4.42. The molecule has 7 heteroatoms. The lowest BCUT2D eigenvalue weighted by atomic mass is 10.0. The molecule has 0 radical (unpaired) electrons. The van der Waals surface area contributed by atoms with Gasteiger partial charge in [0.15, 0.2) is 0 Å². The number of carbonyl (C=O) groups excluding carboxylic acids is 1. The van der Waals surface area contributed by atoms with Crippen LogP contribution in [0.15, 0.2) is 18.3 Å². The summed E-state index contributed by atoms with van der Waals surface area (Å²) in [5.74, 6) is -0.235. The maximum atomic E-state index is 12.3. The summed E-state index contributed by atoms with van der Waals surface area (Å²) in [7, 11) is 0. The predicted molar refractivity (Wildman–Crippen MR) is 63.5 cm³/mol. The average Bonchev–Trinajstić information content (AvgIpc) is 2.39. The fourth-order valence-electron chi connectivity index (χ4n) is 1.94. The van der Waals surface area contributed by atoms with Crippen LogP contribution >= 0.6 is 0 Å². The van der Waals surface area contributed by atoms with Gasteiger partial charge < -0.3 is 10.6 Å². The molecule has 2 rings (SSSR count). The molecular formula is C12H14F3N3O. The van der Waals surface area contributed by atoms with E-state index in [-0.39, 0.29) is 17.6 Å². The lowest BCUT2D eigenvalue weighted by Crippen LogP contribution is -2.43. The van der Waals surface area contributed by atoms with E-state index in [0.717, 1.165) is 38.1 Å². The number of halogens is 3. The minimum atomic E-state index is -4.46. The van der Waals surface area contributed by atoms with Crippen molar-refractivity contribution in [3.63, 3.8) is 0 Å². The van der Waals surface area contributed by atoms with Crippen LogP contribution in [0.3, 0.4) is 0 Å². The summed E-state index contributed by atoms with van der Waals surface area (Å²) >= 11 is 0. The summed E-state index contributed by atoms with van der Waals surface area (Å²) < 4.78 is 36.9. The first-order valence-electron chi connectivity index (χ1n) is 6.04. The van der Waals surface area contributed by atoms with Crippen molar-refractivity contribution in [3.05, 3.63) is 24.0 Å². The second-order valence-corrected chi connectivity index (χ2v) is 4.42. The van der Waals surface area contributed by atoms with Gasteiger partial charge in [-0.05, 0) is 31.5 Å². The summed E-state index contributed by atoms with van der Waals surface area (Å²) in [6, 6.07) is 1.77. The number of aromatic nitrogens is 1. The molecule has 0 bridgehead atoms. The van der Waals surface area contributed by atoms with E-state index in [1.54, 1.807) is 0 Å². The highest BCUT2D eigenvalue weighted by molar-refractivity contribution is 5.94. The Labute approximate surface area is 108 Å². The second kappa shape index (κ2) is 5.56. The maximum absolute atomic E-state index is 12.3. The van der Waals surface area contributed by atoms with Crippen LogP contribution in [0.2, 0.25) is 0 Å². The molecule has 0 unspecified atom stereocenters. The molecule has 1 aliphatic heterocycles. The number of piperidine rings is 1. The first-order valence-corrected chi connectivity index (χ1v) is 6.04. The Morgan fingerprint density at radius 2 is 2.16 bits per heavy atom. The normalized spacial score (nSPS) is 20.1. The fourth-order valence-corrected chi connectivity index (χ4v) is 1.94. The van der Waals surface area contributed by atoms with Gasteiger partial charge in [0.1, 0.15) is 5.69 Å². The highest BCUT2D eigenvalue weighted by Crippen LogP contribution is 2.27. The highest BCUT2D eigenvalue weighted by atomic mass is 19.4. The van der Waals surface area contributed by atoms with Gasteiger partial charge in [-0.3, -0.25) is 4.79 Å². The SMILES string of the molecule is O=C(Nc1ccc(C(F)(F)F)nc1)[C@H]1CCCCN1. The molecule has 1 aliphatic rings. The lowest BCUT2D eigenvalue weighted by molar-refractivity contribution is -0.141. The quantitative estimate of drug-likeness (QED) is 0.868. The Morgan fingerprint density at radius 1 is 1.37 bits per heavy atom. The number of pyridine rings is 1. The Hall–Kier alpha value is -1.63. The zero-order valence-corrected chi connectivity index (χ0v) is 10.1. The number of alkyl halides is 3. The maximum Gasteiger partial charge on any atom is 0.433 e. The van der Waals surface area contributed by atoms with Crippen molar-refractivity contribution in [2.75, 3.05) is 11.9 Å². The van der Waals surface area contributed by atoms with Crippen molar-refractivity contribution in [1.82, 2.24) is 10.3 Å². The smallest absolute Gasteiger partial charge is 0.323 e. The summed E-state index contributed by atoms with van der Waals surface area (Å²) in [5, 5.41) is 5.62. The minimum Gasteiger partial charge on any atom is -0.323 e. The van der Waals surface area contributed by atoms with Gasteiger partial charge in [0, 0.05) is 0 Å². The average molecular weight is 273 g/mol. The zero-order chi connectivity index (χ0) is 13.9. The van der Waals surface area contributed by atoms with Crippen LogP contribution in [0.4, 0.5) is 18.9 Å². The molecule has 0 saturated carbocycles. The molecule has 1 fully saturated rings. The first kappa shape index (κ1) is 13.8. The molecule has 0 aliphatic carbocycles. The van der Waals surface area contributed by atoms with E-state index in [1.165, 1.54) is 6.07 Å². The van der Waals surface area contributed by atoms with Crippen LogP contribution < -0.4 is 10.6 Å². The van der Waals surface area contributed by atoms with Gasteiger partial charge in [-0.25, -0.2) is 4.98 Å². The van der Waals surface area contributed by atoms with E-state index < -0.39 is 11.9 Å². The molecule has 2 N–H and O–H groups in total. The fraction of sp³-hybridized carbons (Fsp3) is 0.500.